The van der Waals surface area contributed by atoms with Crippen molar-refractivity contribution in [3.05, 3.63) is 54.6 Å². The van der Waals surface area contributed by atoms with Gasteiger partial charge in [-0.1, -0.05) is 6.07 Å². The molecular formula is C19H20F2N4O. The number of amides is 1. The van der Waals surface area contributed by atoms with Crippen LogP contribution in [0.5, 0.6) is 0 Å². The molecule has 0 aromatic carbocycles. The van der Waals surface area contributed by atoms with E-state index in [9.17, 15) is 13.6 Å². The first-order valence-corrected chi connectivity index (χ1v) is 8.69. The summed E-state index contributed by atoms with van der Waals surface area (Å²) >= 11 is 0. The molecule has 5 nitrogen and oxygen atoms in total. The number of aromatic nitrogens is 2. The monoisotopic (exact) mass is 358 g/mol. The third kappa shape index (κ3) is 3.19. The number of pyridine rings is 2. The van der Waals surface area contributed by atoms with Crippen LogP contribution in [0.4, 0.5) is 14.5 Å². The van der Waals surface area contributed by atoms with Crippen molar-refractivity contribution in [1.82, 2.24) is 14.9 Å². The number of hydrogen-bond donors (Lipinski definition) is 0. The minimum absolute atomic E-state index is 0.221. The average molecular weight is 358 g/mol. The van der Waals surface area contributed by atoms with Gasteiger partial charge < -0.3 is 4.90 Å². The Kier molecular flexibility index (Phi) is 4.19. The molecule has 2 aromatic rings. The van der Waals surface area contributed by atoms with E-state index >= 15 is 0 Å². The molecule has 0 saturated carbocycles. The van der Waals surface area contributed by atoms with Crippen LogP contribution in [0.2, 0.25) is 0 Å². The summed E-state index contributed by atoms with van der Waals surface area (Å²) in [6.07, 6.45) is 6.61. The third-order valence-corrected chi connectivity index (χ3v) is 5.18. The lowest BCUT2D eigenvalue weighted by Crippen LogP contribution is -2.55. The van der Waals surface area contributed by atoms with Gasteiger partial charge in [0.25, 0.3) is 5.92 Å². The maximum atomic E-state index is 14.5. The van der Waals surface area contributed by atoms with Gasteiger partial charge in [0.2, 0.25) is 5.91 Å². The van der Waals surface area contributed by atoms with Gasteiger partial charge in [-0.3, -0.25) is 19.7 Å². The zero-order chi connectivity index (χ0) is 18.2. The predicted molar refractivity (Wildman–Crippen MR) is 92.7 cm³/mol. The number of halogens is 2. The molecule has 136 valence electrons. The van der Waals surface area contributed by atoms with Crippen molar-refractivity contribution in [2.24, 2.45) is 5.41 Å². The van der Waals surface area contributed by atoms with E-state index in [4.69, 9.17) is 0 Å². The molecule has 7 heteroatoms. The number of carbonyl (C=O) groups excluding carboxylic acids is 1. The maximum absolute atomic E-state index is 14.5. The zero-order valence-corrected chi connectivity index (χ0v) is 14.3. The summed E-state index contributed by atoms with van der Waals surface area (Å²) in [4.78, 5) is 24.5. The van der Waals surface area contributed by atoms with E-state index in [2.05, 4.69) is 9.97 Å². The van der Waals surface area contributed by atoms with Crippen LogP contribution in [0.15, 0.2) is 49.1 Å². The van der Waals surface area contributed by atoms with Crippen LogP contribution in [0, 0.1) is 5.41 Å². The van der Waals surface area contributed by atoms with E-state index in [1.54, 1.807) is 52.8 Å². The molecule has 1 spiro atoms. The number of rotatable bonds is 3. The first-order valence-electron chi connectivity index (χ1n) is 8.69. The molecule has 2 fully saturated rings. The van der Waals surface area contributed by atoms with Crippen LogP contribution in [-0.4, -0.2) is 46.3 Å². The molecule has 2 saturated heterocycles. The number of alkyl halides is 2. The molecule has 0 N–H and O–H groups in total. The van der Waals surface area contributed by atoms with E-state index in [1.807, 2.05) is 6.07 Å². The minimum Gasteiger partial charge on any atom is -0.310 e. The second-order valence-corrected chi connectivity index (χ2v) is 7.24. The van der Waals surface area contributed by atoms with Crippen LogP contribution in [0.3, 0.4) is 0 Å². The molecule has 0 aliphatic carbocycles. The minimum atomic E-state index is -2.89. The summed E-state index contributed by atoms with van der Waals surface area (Å²) in [6, 6.07) is 7.19. The van der Waals surface area contributed by atoms with Crippen molar-refractivity contribution in [2.75, 3.05) is 24.5 Å². The highest BCUT2D eigenvalue weighted by molar-refractivity contribution is 6.00. The van der Waals surface area contributed by atoms with Crippen LogP contribution in [0.25, 0.3) is 0 Å². The highest BCUT2D eigenvalue weighted by atomic mass is 19.3. The van der Waals surface area contributed by atoms with Crippen LogP contribution in [0.1, 0.15) is 18.4 Å². The SMILES string of the molecule is O=C1N(c2cccnc2)CC[C@]12CN(Cc1cccnc1)CC(F)(F)C2. The number of anilines is 1. The first kappa shape index (κ1) is 17.0. The lowest BCUT2D eigenvalue weighted by atomic mass is 9.77. The van der Waals surface area contributed by atoms with E-state index in [0.717, 1.165) is 5.56 Å². The van der Waals surface area contributed by atoms with Crippen molar-refractivity contribution < 1.29 is 13.6 Å². The molecule has 2 aliphatic rings. The summed E-state index contributed by atoms with van der Waals surface area (Å²) < 4.78 is 29.0. The summed E-state index contributed by atoms with van der Waals surface area (Å²) in [7, 11) is 0. The zero-order valence-electron chi connectivity index (χ0n) is 14.3. The molecular weight excluding hydrogens is 338 g/mol. The van der Waals surface area contributed by atoms with Crippen molar-refractivity contribution in [1.29, 1.82) is 0 Å². The quantitative estimate of drug-likeness (QED) is 0.847. The topological polar surface area (TPSA) is 49.3 Å². The largest absolute Gasteiger partial charge is 0.310 e. The molecule has 1 amide bonds. The van der Waals surface area contributed by atoms with Crippen LogP contribution >= 0.6 is 0 Å². The normalized spacial score (nSPS) is 25.8. The van der Waals surface area contributed by atoms with Gasteiger partial charge in [0.1, 0.15) is 0 Å². The fraction of sp³-hybridized carbons (Fsp3) is 0.421. The van der Waals surface area contributed by atoms with E-state index in [0.29, 0.717) is 31.7 Å². The molecule has 4 heterocycles. The second-order valence-electron chi connectivity index (χ2n) is 7.24. The number of likely N-dealkylation sites (tertiary alicyclic amines) is 1. The Morgan fingerprint density at radius 2 is 1.85 bits per heavy atom. The number of hydrogen-bond acceptors (Lipinski definition) is 4. The van der Waals surface area contributed by atoms with Gasteiger partial charge in [0.05, 0.1) is 23.8 Å². The Hall–Kier alpha value is -2.41. The Morgan fingerprint density at radius 1 is 1.08 bits per heavy atom. The van der Waals surface area contributed by atoms with Crippen molar-refractivity contribution >= 4 is 11.6 Å². The standard InChI is InChI=1S/C19H20F2N4O/c20-19(21)12-18(13-24(14-19)11-15-3-1-6-22-9-15)5-8-25(17(18)26)16-4-2-7-23-10-16/h1-4,6-7,9-10H,5,8,11-14H2/t18-/m0/s1. The van der Waals surface area contributed by atoms with Gasteiger partial charge in [0.15, 0.2) is 0 Å². The molecule has 0 radical (unpaired) electrons. The lowest BCUT2D eigenvalue weighted by molar-refractivity contribution is -0.147. The van der Waals surface area contributed by atoms with Gasteiger partial charge in [-0.25, -0.2) is 8.78 Å². The smallest absolute Gasteiger partial charge is 0.261 e. The summed E-state index contributed by atoms with van der Waals surface area (Å²) in [5.41, 5.74) is 0.497. The Labute approximate surface area is 150 Å². The highest BCUT2D eigenvalue weighted by Crippen LogP contribution is 2.46. The molecule has 0 bridgehead atoms. The Morgan fingerprint density at radius 3 is 2.54 bits per heavy atom. The van der Waals surface area contributed by atoms with Gasteiger partial charge in [-0.05, 0) is 30.2 Å². The maximum Gasteiger partial charge on any atom is 0.261 e. The summed E-state index contributed by atoms with van der Waals surface area (Å²) in [5, 5.41) is 0. The number of carbonyl (C=O) groups is 1. The lowest BCUT2D eigenvalue weighted by Gasteiger charge is -2.42. The first-order chi connectivity index (χ1) is 12.5. The highest BCUT2D eigenvalue weighted by Gasteiger charge is 2.56. The van der Waals surface area contributed by atoms with E-state index in [1.165, 1.54) is 0 Å². The van der Waals surface area contributed by atoms with Crippen LogP contribution < -0.4 is 4.90 Å². The fourth-order valence-electron chi connectivity index (χ4n) is 4.17. The Bertz CT molecular complexity index is 787. The molecule has 2 aliphatic heterocycles. The van der Waals surface area contributed by atoms with Gasteiger partial charge in [-0.2, -0.15) is 0 Å². The van der Waals surface area contributed by atoms with Gasteiger partial charge >= 0.3 is 0 Å². The number of nitrogens with zero attached hydrogens (tertiary/aromatic N) is 4. The summed E-state index contributed by atoms with van der Waals surface area (Å²) in [5.74, 6) is -3.11. The van der Waals surface area contributed by atoms with Crippen molar-refractivity contribution in [3.63, 3.8) is 0 Å². The third-order valence-electron chi connectivity index (χ3n) is 5.18. The fourth-order valence-corrected chi connectivity index (χ4v) is 4.17. The van der Waals surface area contributed by atoms with Crippen molar-refractivity contribution in [3.8, 4) is 0 Å². The second kappa shape index (κ2) is 6.39. The molecule has 26 heavy (non-hydrogen) atoms. The molecule has 1 atom stereocenters. The van der Waals surface area contributed by atoms with Gasteiger partial charge in [0, 0.05) is 44.6 Å². The Balaban J connectivity index is 1.58. The summed E-state index contributed by atoms with van der Waals surface area (Å²) in [6.45, 7) is 0.823. The van der Waals surface area contributed by atoms with Crippen molar-refractivity contribution in [2.45, 2.75) is 25.3 Å². The molecule has 4 rings (SSSR count). The van der Waals surface area contributed by atoms with E-state index < -0.39 is 11.3 Å². The molecule has 0 unspecified atom stereocenters. The predicted octanol–water partition coefficient (Wildman–Crippen LogP) is 2.74. The average Bonchev–Trinajstić information content (AvgIpc) is 2.91. The molecule has 2 aromatic heterocycles. The van der Waals surface area contributed by atoms with Gasteiger partial charge in [-0.15, -0.1) is 0 Å². The van der Waals surface area contributed by atoms with E-state index in [-0.39, 0.29) is 18.9 Å². The number of piperidine rings is 1. The van der Waals surface area contributed by atoms with Crippen LogP contribution in [-0.2, 0) is 11.3 Å².